The van der Waals surface area contributed by atoms with Crippen molar-refractivity contribution in [3.63, 3.8) is 0 Å². The Morgan fingerprint density at radius 2 is 1.67 bits per heavy atom. The maximum atomic E-state index is 12.6. The zero-order valence-electron chi connectivity index (χ0n) is 19.0. The molecule has 1 atom stereocenters. The van der Waals surface area contributed by atoms with E-state index in [1.807, 2.05) is 20.8 Å². The van der Waals surface area contributed by atoms with E-state index >= 15 is 0 Å². The largest absolute Gasteiger partial charge is 0.444 e. The number of ether oxygens (including phenoxy) is 1. The second-order valence-electron chi connectivity index (χ2n) is 10.1. The minimum Gasteiger partial charge on any atom is -0.444 e. The minimum absolute atomic E-state index is 0.0144. The van der Waals surface area contributed by atoms with E-state index in [1.165, 1.54) is 0 Å². The van der Waals surface area contributed by atoms with Crippen molar-refractivity contribution in [3.05, 3.63) is 0 Å². The summed E-state index contributed by atoms with van der Waals surface area (Å²) in [6.45, 7) is 12.5. The third-order valence-electron chi connectivity index (χ3n) is 5.28. The molecule has 2 fully saturated rings. The Morgan fingerprint density at radius 1 is 1.07 bits per heavy atom. The number of nitrogens with one attached hydrogen (secondary N) is 2. The predicted octanol–water partition coefficient (Wildman–Crippen LogP) is 1.27. The number of carbonyl (C=O) groups excluding carboxylic acids is 4. The van der Waals surface area contributed by atoms with Crippen molar-refractivity contribution in [3.8, 4) is 0 Å². The molecule has 30 heavy (non-hydrogen) atoms. The molecule has 2 aliphatic rings. The second-order valence-corrected chi connectivity index (χ2v) is 10.1. The van der Waals surface area contributed by atoms with Gasteiger partial charge in [0, 0.05) is 37.6 Å². The topological polar surface area (TPSA) is 108 Å². The lowest BCUT2D eigenvalue weighted by Gasteiger charge is -2.33. The van der Waals surface area contributed by atoms with Crippen LogP contribution in [-0.4, -0.2) is 77.0 Å². The van der Waals surface area contributed by atoms with Gasteiger partial charge in [-0.15, -0.1) is 0 Å². The van der Waals surface area contributed by atoms with Gasteiger partial charge >= 0.3 is 6.09 Å². The summed E-state index contributed by atoms with van der Waals surface area (Å²) in [5.74, 6) is -0.575. The standard InChI is InChI=1S/C21H36N4O5/c1-20(2,3)25-13-14(11-16(25)26)18(28)23-15-7-9-24(10-8-15)17(27)12-22-19(29)30-21(4,5)6/h14-15H,7-13H2,1-6H3,(H,22,29)(H,23,28). The van der Waals surface area contributed by atoms with Crippen LogP contribution in [0.2, 0.25) is 0 Å². The fourth-order valence-electron chi connectivity index (χ4n) is 3.70. The third-order valence-corrected chi connectivity index (χ3v) is 5.28. The number of alkyl carbamates (subject to hydrolysis) is 1. The van der Waals surface area contributed by atoms with Crippen LogP contribution in [-0.2, 0) is 19.1 Å². The molecule has 0 aromatic heterocycles. The van der Waals surface area contributed by atoms with Crippen LogP contribution in [0.5, 0.6) is 0 Å². The summed E-state index contributed by atoms with van der Waals surface area (Å²) in [7, 11) is 0. The van der Waals surface area contributed by atoms with E-state index in [2.05, 4.69) is 10.6 Å². The zero-order valence-corrected chi connectivity index (χ0v) is 19.0. The van der Waals surface area contributed by atoms with Crippen molar-refractivity contribution in [2.45, 2.75) is 78.0 Å². The Kier molecular flexibility index (Phi) is 7.36. The highest BCUT2D eigenvalue weighted by Gasteiger charge is 2.40. The van der Waals surface area contributed by atoms with Gasteiger partial charge in [-0.05, 0) is 54.4 Å². The molecular formula is C21H36N4O5. The van der Waals surface area contributed by atoms with Gasteiger partial charge in [0.2, 0.25) is 17.7 Å². The van der Waals surface area contributed by atoms with Crippen LogP contribution >= 0.6 is 0 Å². The van der Waals surface area contributed by atoms with Crippen LogP contribution < -0.4 is 10.6 Å². The molecular weight excluding hydrogens is 388 g/mol. The highest BCUT2D eigenvalue weighted by molar-refractivity contribution is 5.89. The summed E-state index contributed by atoms with van der Waals surface area (Å²) in [5, 5.41) is 5.52. The summed E-state index contributed by atoms with van der Waals surface area (Å²) in [6, 6.07) is -0.0147. The number of nitrogens with zero attached hydrogens (tertiary/aromatic N) is 2. The third kappa shape index (κ3) is 6.88. The van der Waals surface area contributed by atoms with Crippen LogP contribution in [0.3, 0.4) is 0 Å². The van der Waals surface area contributed by atoms with Crippen molar-refractivity contribution in [1.29, 1.82) is 0 Å². The number of hydrogen-bond donors (Lipinski definition) is 2. The van der Waals surface area contributed by atoms with Crippen molar-refractivity contribution in [2.75, 3.05) is 26.2 Å². The van der Waals surface area contributed by atoms with Gasteiger partial charge in [0.05, 0.1) is 5.92 Å². The zero-order chi connectivity index (χ0) is 22.7. The number of carbonyl (C=O) groups is 4. The Bertz CT molecular complexity index is 672. The van der Waals surface area contributed by atoms with Crippen LogP contribution in [0.15, 0.2) is 0 Å². The van der Waals surface area contributed by atoms with E-state index in [9.17, 15) is 19.2 Å². The quantitative estimate of drug-likeness (QED) is 0.707. The van der Waals surface area contributed by atoms with Gasteiger partial charge in [0.15, 0.2) is 0 Å². The summed E-state index contributed by atoms with van der Waals surface area (Å²) in [4.78, 5) is 52.2. The summed E-state index contributed by atoms with van der Waals surface area (Å²) in [6.07, 6.45) is 0.922. The van der Waals surface area contributed by atoms with Crippen molar-refractivity contribution < 1.29 is 23.9 Å². The Hall–Kier alpha value is -2.32. The smallest absolute Gasteiger partial charge is 0.408 e. The summed E-state index contributed by atoms with van der Waals surface area (Å²) >= 11 is 0. The van der Waals surface area contributed by atoms with Crippen LogP contribution in [0.1, 0.15) is 60.8 Å². The van der Waals surface area contributed by atoms with Gasteiger partial charge in [-0.3, -0.25) is 14.4 Å². The van der Waals surface area contributed by atoms with E-state index < -0.39 is 11.7 Å². The Labute approximate surface area is 178 Å². The molecule has 0 aromatic carbocycles. The highest BCUT2D eigenvalue weighted by Crippen LogP contribution is 2.26. The first-order valence-electron chi connectivity index (χ1n) is 10.6. The molecule has 0 saturated carbocycles. The number of rotatable bonds is 4. The lowest BCUT2D eigenvalue weighted by Crippen LogP contribution is -2.50. The van der Waals surface area contributed by atoms with E-state index in [1.54, 1.807) is 30.6 Å². The fraction of sp³-hybridized carbons (Fsp3) is 0.810. The second kappa shape index (κ2) is 9.22. The first-order chi connectivity index (χ1) is 13.8. The maximum absolute atomic E-state index is 12.6. The summed E-state index contributed by atoms with van der Waals surface area (Å²) in [5.41, 5.74) is -0.900. The van der Waals surface area contributed by atoms with Crippen LogP contribution in [0, 0.1) is 5.92 Å². The fourth-order valence-corrected chi connectivity index (χ4v) is 3.70. The average Bonchev–Trinajstić information content (AvgIpc) is 3.01. The first-order valence-corrected chi connectivity index (χ1v) is 10.6. The van der Waals surface area contributed by atoms with E-state index in [0.717, 1.165) is 0 Å². The average molecular weight is 425 g/mol. The SMILES string of the molecule is CC(C)(C)OC(=O)NCC(=O)N1CCC(NC(=O)C2CC(=O)N(C(C)(C)C)C2)CC1. The number of amides is 4. The number of hydrogen-bond acceptors (Lipinski definition) is 5. The van der Waals surface area contributed by atoms with Crippen molar-refractivity contribution >= 4 is 23.8 Å². The highest BCUT2D eigenvalue weighted by atomic mass is 16.6. The Balaban J connectivity index is 1.73. The van der Waals surface area contributed by atoms with Crippen LogP contribution in [0.25, 0.3) is 0 Å². The predicted molar refractivity (Wildman–Crippen MR) is 112 cm³/mol. The van der Waals surface area contributed by atoms with E-state index in [0.29, 0.717) is 32.5 Å². The van der Waals surface area contributed by atoms with Gasteiger partial charge in [-0.1, -0.05) is 0 Å². The molecule has 2 heterocycles. The molecule has 0 aliphatic carbocycles. The lowest BCUT2D eigenvalue weighted by atomic mass is 10.0. The molecule has 4 amide bonds. The molecule has 1 unspecified atom stereocenters. The minimum atomic E-state index is -0.617. The number of likely N-dealkylation sites (tertiary alicyclic amines) is 2. The van der Waals surface area contributed by atoms with Gasteiger partial charge in [0.1, 0.15) is 12.1 Å². The first kappa shape index (κ1) is 24.0. The molecule has 0 aromatic rings. The summed E-state index contributed by atoms with van der Waals surface area (Å²) < 4.78 is 5.13. The molecule has 9 nitrogen and oxygen atoms in total. The number of piperidine rings is 1. The lowest BCUT2D eigenvalue weighted by molar-refractivity contribution is -0.133. The molecule has 2 rings (SSSR count). The van der Waals surface area contributed by atoms with Crippen molar-refractivity contribution in [1.82, 2.24) is 20.4 Å². The Morgan fingerprint density at radius 3 is 2.17 bits per heavy atom. The molecule has 2 saturated heterocycles. The molecule has 0 spiro atoms. The normalized spacial score (nSPS) is 20.9. The van der Waals surface area contributed by atoms with Gasteiger partial charge in [0.25, 0.3) is 0 Å². The molecule has 0 radical (unpaired) electrons. The molecule has 9 heteroatoms. The molecule has 170 valence electrons. The molecule has 2 aliphatic heterocycles. The maximum Gasteiger partial charge on any atom is 0.408 e. The molecule has 2 N–H and O–H groups in total. The van der Waals surface area contributed by atoms with Crippen LogP contribution in [0.4, 0.5) is 4.79 Å². The van der Waals surface area contributed by atoms with E-state index in [4.69, 9.17) is 4.74 Å². The van der Waals surface area contributed by atoms with Gasteiger partial charge in [-0.2, -0.15) is 0 Å². The molecule has 0 bridgehead atoms. The van der Waals surface area contributed by atoms with Crippen molar-refractivity contribution in [2.24, 2.45) is 5.92 Å². The van der Waals surface area contributed by atoms with E-state index in [-0.39, 0.29) is 48.2 Å². The monoisotopic (exact) mass is 424 g/mol. The van der Waals surface area contributed by atoms with Gasteiger partial charge in [-0.25, -0.2) is 4.79 Å². The van der Waals surface area contributed by atoms with Gasteiger partial charge < -0.3 is 25.2 Å².